The third-order valence-corrected chi connectivity index (χ3v) is 3.86. The van der Waals surface area contributed by atoms with E-state index in [1.807, 2.05) is 41.2 Å². The Morgan fingerprint density at radius 3 is 3.05 bits per heavy atom. The highest BCUT2D eigenvalue weighted by Gasteiger charge is 2.25. The maximum Gasteiger partial charge on any atom is 0.228 e. The predicted molar refractivity (Wildman–Crippen MR) is 82.0 cm³/mol. The fraction of sp³-hybridized carbons (Fsp3) is 0.375. The minimum Gasteiger partial charge on any atom is -0.326 e. The molecule has 1 atom stereocenters. The molecule has 1 N–H and O–H groups in total. The van der Waals surface area contributed by atoms with Crippen LogP contribution >= 0.6 is 0 Å². The van der Waals surface area contributed by atoms with Gasteiger partial charge in [0.1, 0.15) is 0 Å². The first-order chi connectivity index (χ1) is 10.2. The average molecular weight is 284 g/mol. The van der Waals surface area contributed by atoms with E-state index in [-0.39, 0.29) is 11.8 Å². The number of rotatable bonds is 4. The summed E-state index contributed by atoms with van der Waals surface area (Å²) in [6, 6.07) is 9.86. The zero-order chi connectivity index (χ0) is 14.7. The first-order valence-electron chi connectivity index (χ1n) is 7.26. The van der Waals surface area contributed by atoms with E-state index in [0.717, 1.165) is 30.8 Å². The molecule has 1 aromatic heterocycles. The van der Waals surface area contributed by atoms with Crippen molar-refractivity contribution in [3.05, 3.63) is 48.3 Å². The lowest BCUT2D eigenvalue weighted by Crippen LogP contribution is -2.25. The van der Waals surface area contributed by atoms with Crippen molar-refractivity contribution in [2.75, 3.05) is 25.5 Å². The van der Waals surface area contributed by atoms with Crippen LogP contribution in [0.1, 0.15) is 12.0 Å². The quantitative estimate of drug-likeness (QED) is 0.931. The number of nitrogens with zero attached hydrogens (tertiary/aromatic N) is 3. The molecule has 1 aromatic carbocycles. The monoisotopic (exact) mass is 284 g/mol. The fourth-order valence-electron chi connectivity index (χ4n) is 2.72. The Bertz CT molecular complexity index is 608. The van der Waals surface area contributed by atoms with Gasteiger partial charge in [-0.1, -0.05) is 12.1 Å². The molecule has 3 rings (SSSR count). The number of nitrogens with one attached hydrogen (secondary N) is 1. The van der Waals surface area contributed by atoms with E-state index in [4.69, 9.17) is 0 Å². The molecule has 2 aromatic rings. The van der Waals surface area contributed by atoms with Crippen LogP contribution in [-0.4, -0.2) is 40.7 Å². The van der Waals surface area contributed by atoms with Crippen molar-refractivity contribution < 1.29 is 4.79 Å². The summed E-state index contributed by atoms with van der Waals surface area (Å²) in [6.07, 6.45) is 4.64. The minimum absolute atomic E-state index is 0.102. The van der Waals surface area contributed by atoms with Crippen LogP contribution in [0, 0.1) is 5.92 Å². The van der Waals surface area contributed by atoms with E-state index in [9.17, 15) is 4.79 Å². The fourth-order valence-corrected chi connectivity index (χ4v) is 2.72. The Morgan fingerprint density at radius 2 is 2.33 bits per heavy atom. The first kappa shape index (κ1) is 13.8. The number of anilines is 1. The molecule has 0 unspecified atom stereocenters. The number of aromatic nitrogens is 2. The molecule has 5 nitrogen and oxygen atoms in total. The van der Waals surface area contributed by atoms with Crippen molar-refractivity contribution in [1.29, 1.82) is 0 Å². The van der Waals surface area contributed by atoms with E-state index < -0.39 is 0 Å². The van der Waals surface area contributed by atoms with E-state index >= 15 is 0 Å². The Hall–Kier alpha value is -2.14. The number of likely N-dealkylation sites (tertiary alicyclic amines) is 1. The smallest absolute Gasteiger partial charge is 0.228 e. The molecule has 0 spiro atoms. The lowest BCUT2D eigenvalue weighted by molar-refractivity contribution is -0.119. The molecule has 1 aliphatic rings. The van der Waals surface area contributed by atoms with Crippen LogP contribution in [0.2, 0.25) is 0 Å². The number of amides is 1. The molecular formula is C16H20N4O. The molecule has 0 aliphatic carbocycles. The summed E-state index contributed by atoms with van der Waals surface area (Å²) >= 11 is 0. The first-order valence-corrected chi connectivity index (χ1v) is 7.26. The second kappa shape index (κ2) is 6.10. The molecule has 0 saturated carbocycles. The summed E-state index contributed by atoms with van der Waals surface area (Å²) in [7, 11) is 2.05. The van der Waals surface area contributed by atoms with Crippen LogP contribution in [0.15, 0.2) is 42.7 Å². The van der Waals surface area contributed by atoms with Crippen LogP contribution < -0.4 is 5.32 Å². The van der Waals surface area contributed by atoms with Gasteiger partial charge in [0.2, 0.25) is 5.91 Å². The van der Waals surface area contributed by atoms with Gasteiger partial charge in [-0.3, -0.25) is 9.48 Å². The van der Waals surface area contributed by atoms with Crippen molar-refractivity contribution >= 4 is 11.6 Å². The largest absolute Gasteiger partial charge is 0.326 e. The molecule has 2 heterocycles. The highest BCUT2D eigenvalue weighted by atomic mass is 16.1. The molecule has 5 heteroatoms. The van der Waals surface area contributed by atoms with Gasteiger partial charge in [0.05, 0.1) is 12.5 Å². The standard InChI is InChI=1S/C16H20N4O/c1-19-9-6-14(12-19)16(21)18-15-5-2-4-13(10-15)11-20-8-3-7-17-20/h2-5,7-8,10,14H,6,9,11-12H2,1H3,(H,18,21)/t14-/m0/s1. The van der Waals surface area contributed by atoms with Crippen molar-refractivity contribution in [2.24, 2.45) is 5.92 Å². The van der Waals surface area contributed by atoms with Gasteiger partial charge in [-0.15, -0.1) is 0 Å². The maximum atomic E-state index is 12.2. The zero-order valence-electron chi connectivity index (χ0n) is 12.2. The Morgan fingerprint density at radius 1 is 1.43 bits per heavy atom. The molecule has 110 valence electrons. The van der Waals surface area contributed by atoms with E-state index in [2.05, 4.69) is 22.4 Å². The van der Waals surface area contributed by atoms with Gasteiger partial charge in [0.25, 0.3) is 0 Å². The highest BCUT2D eigenvalue weighted by Crippen LogP contribution is 2.18. The third-order valence-electron chi connectivity index (χ3n) is 3.86. The topological polar surface area (TPSA) is 50.2 Å². The second-order valence-electron chi connectivity index (χ2n) is 5.64. The van der Waals surface area contributed by atoms with E-state index in [1.54, 1.807) is 6.20 Å². The Labute approximate surface area is 124 Å². The maximum absolute atomic E-state index is 12.2. The minimum atomic E-state index is 0.102. The van der Waals surface area contributed by atoms with Gasteiger partial charge >= 0.3 is 0 Å². The highest BCUT2D eigenvalue weighted by molar-refractivity contribution is 5.92. The molecule has 0 bridgehead atoms. The van der Waals surface area contributed by atoms with Gasteiger partial charge < -0.3 is 10.2 Å². The summed E-state index contributed by atoms with van der Waals surface area (Å²) in [4.78, 5) is 14.4. The van der Waals surface area contributed by atoms with E-state index in [1.165, 1.54) is 0 Å². The normalized spacial score (nSPS) is 18.8. The van der Waals surface area contributed by atoms with Crippen LogP contribution in [0.25, 0.3) is 0 Å². The van der Waals surface area contributed by atoms with Gasteiger partial charge in [-0.25, -0.2) is 0 Å². The number of benzene rings is 1. The number of hydrogen-bond acceptors (Lipinski definition) is 3. The van der Waals surface area contributed by atoms with Crippen molar-refractivity contribution in [3.8, 4) is 0 Å². The molecule has 21 heavy (non-hydrogen) atoms. The summed E-state index contributed by atoms with van der Waals surface area (Å²) < 4.78 is 1.87. The predicted octanol–water partition coefficient (Wildman–Crippen LogP) is 1.82. The molecule has 1 aliphatic heterocycles. The van der Waals surface area contributed by atoms with Crippen molar-refractivity contribution in [3.63, 3.8) is 0 Å². The summed E-state index contributed by atoms with van der Waals surface area (Å²) in [5, 5.41) is 7.23. The summed E-state index contributed by atoms with van der Waals surface area (Å²) in [5.74, 6) is 0.223. The lowest BCUT2D eigenvalue weighted by atomic mass is 10.1. The molecule has 0 radical (unpaired) electrons. The van der Waals surface area contributed by atoms with Gasteiger partial charge in [-0.05, 0) is 43.8 Å². The van der Waals surface area contributed by atoms with E-state index in [0.29, 0.717) is 6.54 Å². The van der Waals surface area contributed by atoms with Crippen molar-refractivity contribution in [2.45, 2.75) is 13.0 Å². The molecule has 1 fully saturated rings. The molecular weight excluding hydrogens is 264 g/mol. The van der Waals surface area contributed by atoms with Crippen LogP contribution in [-0.2, 0) is 11.3 Å². The summed E-state index contributed by atoms with van der Waals surface area (Å²) in [6.45, 7) is 2.55. The van der Waals surface area contributed by atoms with Gasteiger partial charge in [0, 0.05) is 24.6 Å². The SMILES string of the molecule is CN1CC[C@H](C(=O)Nc2cccc(Cn3cccn3)c2)C1. The van der Waals surface area contributed by atoms with Crippen LogP contribution in [0.3, 0.4) is 0 Å². The third kappa shape index (κ3) is 3.49. The molecule has 1 saturated heterocycles. The number of carbonyl (C=O) groups is 1. The lowest BCUT2D eigenvalue weighted by Gasteiger charge is -2.12. The second-order valence-corrected chi connectivity index (χ2v) is 5.64. The number of carbonyl (C=O) groups excluding carboxylic acids is 1. The number of hydrogen-bond donors (Lipinski definition) is 1. The van der Waals surface area contributed by atoms with Crippen LogP contribution in [0.5, 0.6) is 0 Å². The Balaban J connectivity index is 1.64. The summed E-state index contributed by atoms with van der Waals surface area (Å²) in [5.41, 5.74) is 1.99. The zero-order valence-corrected chi connectivity index (χ0v) is 12.2. The van der Waals surface area contributed by atoms with Crippen molar-refractivity contribution in [1.82, 2.24) is 14.7 Å². The van der Waals surface area contributed by atoms with Gasteiger partial charge in [0.15, 0.2) is 0 Å². The van der Waals surface area contributed by atoms with Gasteiger partial charge in [-0.2, -0.15) is 5.10 Å². The molecule has 1 amide bonds. The average Bonchev–Trinajstić information content (AvgIpc) is 3.11. The van der Waals surface area contributed by atoms with Crippen LogP contribution in [0.4, 0.5) is 5.69 Å². The Kier molecular flexibility index (Phi) is 4.01.